The molecule has 0 aliphatic heterocycles. The van der Waals surface area contributed by atoms with Crippen LogP contribution in [-0.4, -0.2) is 18.4 Å². The van der Waals surface area contributed by atoms with Gasteiger partial charge >= 0.3 is 0 Å². The Morgan fingerprint density at radius 1 is 0.733 bits per heavy atom. The predicted octanol–water partition coefficient (Wildman–Crippen LogP) is 6.13. The molecule has 1 aromatic heterocycles. The Morgan fingerprint density at radius 2 is 1.43 bits per heavy atom. The number of halogens is 3. The van der Waals surface area contributed by atoms with Crippen LogP contribution in [0.15, 0.2) is 71.6 Å². The van der Waals surface area contributed by atoms with Crippen LogP contribution in [0.25, 0.3) is 11.0 Å². The Labute approximate surface area is 187 Å². The van der Waals surface area contributed by atoms with Crippen molar-refractivity contribution in [2.24, 2.45) is 0 Å². The molecule has 1 heterocycles. The van der Waals surface area contributed by atoms with E-state index in [1.165, 1.54) is 12.1 Å². The number of anilines is 3. The fraction of sp³-hybridized carbons (Fsp3) is 0. The maximum Gasteiger partial charge on any atom is 0.263 e. The first-order valence-electron chi connectivity index (χ1n) is 8.59. The van der Waals surface area contributed by atoms with Gasteiger partial charge in [0.2, 0.25) is 0 Å². The van der Waals surface area contributed by atoms with E-state index in [0.29, 0.717) is 31.8 Å². The van der Waals surface area contributed by atoms with Crippen LogP contribution in [0.4, 0.5) is 17.3 Å². The van der Waals surface area contributed by atoms with E-state index in [9.17, 15) is 8.42 Å². The molecule has 0 atom stereocenters. The molecule has 0 bridgehead atoms. The van der Waals surface area contributed by atoms with E-state index in [2.05, 4.69) is 20.0 Å². The third-order valence-corrected chi connectivity index (χ3v) is 6.40. The highest BCUT2D eigenvalue weighted by molar-refractivity contribution is 7.92. The van der Waals surface area contributed by atoms with E-state index in [0.717, 1.165) is 0 Å². The first kappa shape index (κ1) is 20.7. The molecule has 0 saturated carbocycles. The molecule has 0 radical (unpaired) electrons. The van der Waals surface area contributed by atoms with Gasteiger partial charge in [0.1, 0.15) is 0 Å². The topological polar surface area (TPSA) is 84.0 Å². The van der Waals surface area contributed by atoms with Crippen molar-refractivity contribution in [3.05, 3.63) is 81.8 Å². The van der Waals surface area contributed by atoms with Crippen molar-refractivity contribution in [1.82, 2.24) is 9.97 Å². The normalized spacial score (nSPS) is 11.4. The van der Waals surface area contributed by atoms with Crippen molar-refractivity contribution in [3.63, 3.8) is 0 Å². The van der Waals surface area contributed by atoms with E-state index in [-0.39, 0.29) is 16.5 Å². The second kappa shape index (κ2) is 8.28. The second-order valence-electron chi connectivity index (χ2n) is 6.23. The van der Waals surface area contributed by atoms with Crippen molar-refractivity contribution < 1.29 is 8.42 Å². The molecule has 30 heavy (non-hydrogen) atoms. The monoisotopic (exact) mass is 478 g/mol. The molecule has 0 unspecified atom stereocenters. The average Bonchev–Trinajstić information content (AvgIpc) is 2.71. The van der Waals surface area contributed by atoms with Crippen molar-refractivity contribution in [1.29, 1.82) is 0 Å². The lowest BCUT2D eigenvalue weighted by atomic mass is 10.3. The summed E-state index contributed by atoms with van der Waals surface area (Å²) in [6, 6.07) is 18.0. The van der Waals surface area contributed by atoms with Crippen molar-refractivity contribution in [2.45, 2.75) is 4.90 Å². The fourth-order valence-corrected chi connectivity index (χ4v) is 4.30. The average molecular weight is 480 g/mol. The smallest absolute Gasteiger partial charge is 0.263 e. The molecule has 0 aliphatic rings. The fourth-order valence-electron chi connectivity index (χ4n) is 2.69. The van der Waals surface area contributed by atoms with Gasteiger partial charge in [0.25, 0.3) is 10.0 Å². The molecule has 4 rings (SSSR count). The summed E-state index contributed by atoms with van der Waals surface area (Å²) in [6.45, 7) is 0. The molecule has 0 saturated heterocycles. The molecule has 0 amide bonds. The van der Waals surface area contributed by atoms with Gasteiger partial charge in [0, 0.05) is 10.7 Å². The van der Waals surface area contributed by atoms with Crippen LogP contribution in [0.5, 0.6) is 0 Å². The number of hydrogen-bond donors (Lipinski definition) is 2. The zero-order chi connectivity index (χ0) is 21.3. The quantitative estimate of drug-likeness (QED) is 0.359. The Hall–Kier alpha value is -2.58. The summed E-state index contributed by atoms with van der Waals surface area (Å²) in [6.07, 6.45) is 0. The van der Waals surface area contributed by atoms with Gasteiger partial charge in [-0.3, -0.25) is 4.72 Å². The van der Waals surface area contributed by atoms with Crippen LogP contribution < -0.4 is 10.0 Å². The van der Waals surface area contributed by atoms with Gasteiger partial charge in [0.15, 0.2) is 11.6 Å². The number of aromatic nitrogens is 2. The summed E-state index contributed by atoms with van der Waals surface area (Å²) in [7, 11) is -3.96. The van der Waals surface area contributed by atoms with Crippen LogP contribution in [0, 0.1) is 0 Å². The zero-order valence-corrected chi connectivity index (χ0v) is 18.2. The lowest BCUT2D eigenvalue weighted by Crippen LogP contribution is -2.16. The van der Waals surface area contributed by atoms with Crippen LogP contribution in [-0.2, 0) is 10.0 Å². The predicted molar refractivity (Wildman–Crippen MR) is 122 cm³/mol. The minimum Gasteiger partial charge on any atom is -0.337 e. The number of rotatable bonds is 5. The molecule has 2 N–H and O–H groups in total. The second-order valence-corrected chi connectivity index (χ2v) is 9.16. The Kier molecular flexibility index (Phi) is 5.71. The third kappa shape index (κ3) is 4.44. The van der Waals surface area contributed by atoms with Gasteiger partial charge in [-0.05, 0) is 48.5 Å². The number of para-hydroxylation sites is 2. The first-order valence-corrected chi connectivity index (χ1v) is 11.2. The van der Waals surface area contributed by atoms with Crippen LogP contribution in [0.2, 0.25) is 15.1 Å². The summed E-state index contributed by atoms with van der Waals surface area (Å²) in [5.41, 5.74) is 1.68. The van der Waals surface area contributed by atoms with E-state index in [4.69, 9.17) is 34.8 Å². The minimum atomic E-state index is -3.96. The zero-order valence-electron chi connectivity index (χ0n) is 15.1. The molecule has 0 fully saturated rings. The number of fused-ring (bicyclic) bond motifs is 1. The summed E-state index contributed by atoms with van der Waals surface area (Å²) in [5.74, 6) is 0.234. The van der Waals surface area contributed by atoms with Gasteiger partial charge < -0.3 is 5.32 Å². The molecule has 3 aromatic carbocycles. The third-order valence-electron chi connectivity index (χ3n) is 4.09. The number of hydrogen-bond acceptors (Lipinski definition) is 5. The van der Waals surface area contributed by atoms with Crippen molar-refractivity contribution >= 4 is 73.2 Å². The van der Waals surface area contributed by atoms with Crippen LogP contribution >= 0.6 is 34.8 Å². The van der Waals surface area contributed by atoms with E-state index in [1.807, 2.05) is 6.07 Å². The number of nitrogens with one attached hydrogen (secondary N) is 2. The Balaban J connectivity index is 1.79. The Morgan fingerprint density at radius 3 is 2.10 bits per heavy atom. The standard InChI is InChI=1S/C20H13Cl3N4O2S/c21-12-4-3-5-14(10-12)30(28,29)27-20-19(24-13-8-9-15(22)16(23)11-13)25-17-6-1-2-7-18(17)26-20/h1-11H,(H,24,25)(H,26,27). The SMILES string of the molecule is O=S(=O)(Nc1nc2ccccc2nc1Nc1ccc(Cl)c(Cl)c1)c1cccc(Cl)c1. The van der Waals surface area contributed by atoms with E-state index in [1.54, 1.807) is 48.5 Å². The van der Waals surface area contributed by atoms with E-state index < -0.39 is 10.0 Å². The number of sulfonamides is 1. The van der Waals surface area contributed by atoms with Crippen LogP contribution in [0.1, 0.15) is 0 Å². The highest BCUT2D eigenvalue weighted by Crippen LogP contribution is 2.30. The summed E-state index contributed by atoms with van der Waals surface area (Å²) >= 11 is 18.0. The summed E-state index contributed by atoms with van der Waals surface area (Å²) < 4.78 is 28.3. The molecule has 6 nitrogen and oxygen atoms in total. The first-order chi connectivity index (χ1) is 14.3. The summed E-state index contributed by atoms with van der Waals surface area (Å²) in [5, 5.41) is 4.09. The van der Waals surface area contributed by atoms with Crippen molar-refractivity contribution in [3.8, 4) is 0 Å². The number of benzene rings is 3. The number of nitrogens with zero attached hydrogens (tertiary/aromatic N) is 2. The lowest BCUT2D eigenvalue weighted by Gasteiger charge is -2.14. The molecule has 0 aliphatic carbocycles. The lowest BCUT2D eigenvalue weighted by molar-refractivity contribution is 0.601. The highest BCUT2D eigenvalue weighted by Gasteiger charge is 2.19. The highest BCUT2D eigenvalue weighted by atomic mass is 35.5. The molecular formula is C20H13Cl3N4O2S. The molecule has 10 heteroatoms. The summed E-state index contributed by atoms with van der Waals surface area (Å²) in [4.78, 5) is 8.96. The van der Waals surface area contributed by atoms with Crippen molar-refractivity contribution in [2.75, 3.05) is 10.0 Å². The van der Waals surface area contributed by atoms with Crippen LogP contribution in [0.3, 0.4) is 0 Å². The van der Waals surface area contributed by atoms with E-state index >= 15 is 0 Å². The van der Waals surface area contributed by atoms with Gasteiger partial charge in [-0.1, -0.05) is 53.0 Å². The van der Waals surface area contributed by atoms with Gasteiger partial charge in [-0.2, -0.15) is 0 Å². The largest absolute Gasteiger partial charge is 0.337 e. The molecule has 4 aromatic rings. The Bertz CT molecular complexity index is 1360. The van der Waals surface area contributed by atoms with Gasteiger partial charge in [-0.15, -0.1) is 0 Å². The molecule has 152 valence electrons. The maximum absolute atomic E-state index is 12.9. The van der Waals surface area contributed by atoms with Gasteiger partial charge in [0.05, 0.1) is 26.0 Å². The minimum absolute atomic E-state index is 0.00504. The maximum atomic E-state index is 12.9. The molecular weight excluding hydrogens is 467 g/mol. The van der Waals surface area contributed by atoms with Gasteiger partial charge in [-0.25, -0.2) is 18.4 Å². The molecule has 0 spiro atoms.